The van der Waals surface area contributed by atoms with Gasteiger partial charge in [-0.25, -0.2) is 0 Å². The molecule has 1 aromatic carbocycles. The molecule has 1 amide bonds. The zero-order valence-corrected chi connectivity index (χ0v) is 15.1. The number of nitrogens with one attached hydrogen (secondary N) is 1. The summed E-state index contributed by atoms with van der Waals surface area (Å²) in [4.78, 5) is 16.7. The molecule has 1 atom stereocenters. The smallest absolute Gasteiger partial charge is 0.263 e. The van der Waals surface area contributed by atoms with E-state index < -0.39 is 0 Å². The van der Waals surface area contributed by atoms with Gasteiger partial charge >= 0.3 is 0 Å². The van der Waals surface area contributed by atoms with Crippen LogP contribution >= 0.6 is 0 Å². The van der Waals surface area contributed by atoms with E-state index in [1.807, 2.05) is 12.1 Å². The highest BCUT2D eigenvalue weighted by Crippen LogP contribution is 2.12. The number of ether oxygens (including phenoxy) is 1. The lowest BCUT2D eigenvalue weighted by Crippen LogP contribution is -2.44. The molecular weight excluding hydrogens is 328 g/mol. The Bertz CT molecular complexity index is 654. The molecule has 0 radical (unpaired) electrons. The van der Waals surface area contributed by atoms with Crippen LogP contribution < -0.4 is 5.32 Å². The van der Waals surface area contributed by atoms with E-state index >= 15 is 0 Å². The van der Waals surface area contributed by atoms with Crippen LogP contribution in [0.25, 0.3) is 0 Å². The maximum Gasteiger partial charge on any atom is 0.263 e. The minimum Gasteiger partial charge on any atom is -0.376 e. The molecule has 0 aliphatic carbocycles. The van der Waals surface area contributed by atoms with E-state index in [2.05, 4.69) is 39.4 Å². The molecule has 3 rings (SSSR count). The van der Waals surface area contributed by atoms with E-state index in [0.717, 1.165) is 52.2 Å². The first-order valence-corrected chi connectivity index (χ1v) is 9.26. The van der Waals surface area contributed by atoms with Crippen LogP contribution in [0.4, 0.5) is 0 Å². The van der Waals surface area contributed by atoms with Crippen LogP contribution in [0.5, 0.6) is 0 Å². The van der Waals surface area contributed by atoms with Gasteiger partial charge in [0.1, 0.15) is 11.6 Å². The summed E-state index contributed by atoms with van der Waals surface area (Å²) in [6.07, 6.45) is 3.79. The first-order chi connectivity index (χ1) is 12.7. The molecule has 0 bridgehead atoms. The van der Waals surface area contributed by atoms with Crippen LogP contribution in [-0.4, -0.2) is 61.1 Å². The Morgan fingerprint density at radius 2 is 2.04 bits per heavy atom. The summed E-state index contributed by atoms with van der Waals surface area (Å²) in [7, 11) is 0. The van der Waals surface area contributed by atoms with Gasteiger partial charge in [0.05, 0.1) is 6.10 Å². The highest BCUT2D eigenvalue weighted by molar-refractivity contribution is 5.97. The predicted octanol–water partition coefficient (Wildman–Crippen LogP) is 1.51. The van der Waals surface area contributed by atoms with Gasteiger partial charge in [0.2, 0.25) is 0 Å². The van der Waals surface area contributed by atoms with Gasteiger partial charge in [-0.2, -0.15) is 5.26 Å². The van der Waals surface area contributed by atoms with E-state index in [4.69, 9.17) is 4.74 Å². The largest absolute Gasteiger partial charge is 0.376 e. The van der Waals surface area contributed by atoms with Crippen molar-refractivity contribution in [3.8, 4) is 6.07 Å². The van der Waals surface area contributed by atoms with Gasteiger partial charge in [-0.3, -0.25) is 9.69 Å². The van der Waals surface area contributed by atoms with Crippen molar-refractivity contribution in [2.24, 2.45) is 0 Å². The maximum absolute atomic E-state index is 12.2. The topological polar surface area (TPSA) is 68.6 Å². The Morgan fingerprint density at radius 3 is 2.69 bits per heavy atom. The molecule has 2 fully saturated rings. The van der Waals surface area contributed by atoms with Gasteiger partial charge in [0.25, 0.3) is 5.91 Å². The number of nitrogens with zero attached hydrogens (tertiary/aromatic N) is 3. The number of nitriles is 1. The lowest BCUT2D eigenvalue weighted by molar-refractivity contribution is -0.117. The van der Waals surface area contributed by atoms with E-state index in [9.17, 15) is 10.1 Å². The Balaban J connectivity index is 1.46. The molecule has 1 aromatic rings. The molecule has 26 heavy (non-hydrogen) atoms. The van der Waals surface area contributed by atoms with E-state index in [1.54, 1.807) is 6.20 Å². The quantitative estimate of drug-likeness (QED) is 0.619. The summed E-state index contributed by atoms with van der Waals surface area (Å²) in [5, 5.41) is 12.1. The fourth-order valence-corrected chi connectivity index (χ4v) is 3.32. The Hall–Kier alpha value is -2.36. The van der Waals surface area contributed by atoms with E-state index in [-0.39, 0.29) is 17.6 Å². The zero-order chi connectivity index (χ0) is 18.2. The second kappa shape index (κ2) is 9.37. The zero-order valence-electron chi connectivity index (χ0n) is 15.1. The minimum absolute atomic E-state index is 0.0837. The summed E-state index contributed by atoms with van der Waals surface area (Å²) in [6, 6.07) is 12.4. The number of amides is 1. The molecule has 0 aromatic heterocycles. The second-order valence-electron chi connectivity index (χ2n) is 6.80. The number of hydrogen-bond acceptors (Lipinski definition) is 5. The van der Waals surface area contributed by atoms with Crippen LogP contribution in [0.2, 0.25) is 0 Å². The number of rotatable bonds is 6. The summed E-state index contributed by atoms with van der Waals surface area (Å²) in [6.45, 7) is 5.64. The van der Waals surface area contributed by atoms with Gasteiger partial charge in [-0.05, 0) is 18.4 Å². The third kappa shape index (κ3) is 5.32. The fraction of sp³-hybridized carbons (Fsp3) is 0.500. The van der Waals surface area contributed by atoms with Crippen molar-refractivity contribution in [3.05, 3.63) is 47.7 Å². The normalized spacial score (nSPS) is 21.4. The highest BCUT2D eigenvalue weighted by atomic mass is 16.5. The van der Waals surface area contributed by atoms with Crippen LogP contribution in [0.3, 0.4) is 0 Å². The molecule has 0 spiro atoms. The van der Waals surface area contributed by atoms with Gasteiger partial charge in [0, 0.05) is 52.1 Å². The van der Waals surface area contributed by atoms with Crippen molar-refractivity contribution in [1.29, 1.82) is 5.26 Å². The van der Waals surface area contributed by atoms with Crippen molar-refractivity contribution < 1.29 is 9.53 Å². The van der Waals surface area contributed by atoms with E-state index in [0.29, 0.717) is 6.54 Å². The molecular formula is C20H26N4O2. The van der Waals surface area contributed by atoms with Gasteiger partial charge < -0.3 is 15.0 Å². The predicted molar refractivity (Wildman–Crippen MR) is 99.0 cm³/mol. The Labute approximate surface area is 155 Å². The SMILES string of the molecule is N#C/C(=C/N1CCN(Cc2ccccc2)CC1)C(=O)NCC1CCCO1. The Kier molecular flexibility index (Phi) is 6.64. The molecule has 138 valence electrons. The van der Waals surface area contributed by atoms with Crippen LogP contribution in [-0.2, 0) is 16.1 Å². The molecule has 2 aliphatic heterocycles. The van der Waals surface area contributed by atoms with Gasteiger partial charge in [-0.1, -0.05) is 30.3 Å². The Morgan fingerprint density at radius 1 is 1.27 bits per heavy atom. The summed E-state index contributed by atoms with van der Waals surface area (Å²) in [5.41, 5.74) is 1.47. The minimum atomic E-state index is -0.310. The lowest BCUT2D eigenvalue weighted by Gasteiger charge is -2.34. The molecule has 2 saturated heterocycles. The van der Waals surface area contributed by atoms with E-state index in [1.165, 1.54) is 5.56 Å². The molecule has 6 heteroatoms. The third-order valence-electron chi connectivity index (χ3n) is 4.85. The van der Waals surface area contributed by atoms with Crippen LogP contribution in [0.1, 0.15) is 18.4 Å². The van der Waals surface area contributed by atoms with Crippen LogP contribution in [0, 0.1) is 11.3 Å². The first-order valence-electron chi connectivity index (χ1n) is 9.26. The fourth-order valence-electron chi connectivity index (χ4n) is 3.32. The molecule has 1 unspecified atom stereocenters. The highest BCUT2D eigenvalue weighted by Gasteiger charge is 2.19. The number of hydrogen-bond donors (Lipinski definition) is 1. The molecule has 0 saturated carbocycles. The average molecular weight is 354 g/mol. The van der Waals surface area contributed by atoms with Crippen molar-refractivity contribution >= 4 is 5.91 Å². The maximum atomic E-state index is 12.2. The first kappa shape index (κ1) is 18.4. The van der Waals surface area contributed by atoms with Crippen molar-refractivity contribution in [2.45, 2.75) is 25.5 Å². The molecule has 1 N–H and O–H groups in total. The summed E-state index contributed by atoms with van der Waals surface area (Å²) >= 11 is 0. The molecule has 6 nitrogen and oxygen atoms in total. The van der Waals surface area contributed by atoms with Crippen molar-refractivity contribution in [1.82, 2.24) is 15.1 Å². The van der Waals surface area contributed by atoms with Crippen molar-refractivity contribution in [2.75, 3.05) is 39.3 Å². The monoisotopic (exact) mass is 354 g/mol. The number of carbonyl (C=O) groups excluding carboxylic acids is 1. The standard InChI is InChI=1S/C20H26N4O2/c21-13-18(20(25)22-14-19-7-4-12-26-19)16-24-10-8-23(9-11-24)15-17-5-2-1-3-6-17/h1-3,5-6,16,19H,4,7-12,14-15H2,(H,22,25)/b18-16-. The lowest BCUT2D eigenvalue weighted by atomic mass is 10.2. The second-order valence-corrected chi connectivity index (χ2v) is 6.80. The number of benzene rings is 1. The van der Waals surface area contributed by atoms with Gasteiger partial charge in [0.15, 0.2) is 0 Å². The van der Waals surface area contributed by atoms with Crippen molar-refractivity contribution in [3.63, 3.8) is 0 Å². The molecule has 2 heterocycles. The summed E-state index contributed by atoms with van der Waals surface area (Å²) < 4.78 is 5.49. The summed E-state index contributed by atoms with van der Waals surface area (Å²) in [5.74, 6) is -0.310. The average Bonchev–Trinajstić information content (AvgIpc) is 3.20. The van der Waals surface area contributed by atoms with Gasteiger partial charge in [-0.15, -0.1) is 0 Å². The number of carbonyl (C=O) groups is 1. The molecule has 2 aliphatic rings. The third-order valence-corrected chi connectivity index (χ3v) is 4.85. The van der Waals surface area contributed by atoms with Crippen LogP contribution in [0.15, 0.2) is 42.1 Å². The number of piperazine rings is 1.